The summed E-state index contributed by atoms with van der Waals surface area (Å²) in [6.07, 6.45) is 3.15. The molecule has 0 saturated carbocycles. The predicted molar refractivity (Wildman–Crippen MR) is 73.3 cm³/mol. The van der Waals surface area contributed by atoms with Crippen molar-refractivity contribution in [2.75, 3.05) is 38.6 Å². The summed E-state index contributed by atoms with van der Waals surface area (Å²) in [5.74, 6) is -0.306. The summed E-state index contributed by atoms with van der Waals surface area (Å²) in [7, 11) is -3.32. The van der Waals surface area contributed by atoms with Crippen LogP contribution in [0.3, 0.4) is 0 Å². The smallest absolute Gasteiger partial charge is 0.221 e. The first-order valence-electron chi connectivity index (χ1n) is 6.88. The van der Waals surface area contributed by atoms with E-state index in [1.165, 1.54) is 4.31 Å². The molecule has 0 aromatic carbocycles. The number of nitrogens with zero attached hydrogens (tertiary/aromatic N) is 1. The van der Waals surface area contributed by atoms with Crippen molar-refractivity contribution in [3.8, 4) is 0 Å². The van der Waals surface area contributed by atoms with E-state index in [1.54, 1.807) is 0 Å². The highest BCUT2D eigenvalue weighted by molar-refractivity contribution is 7.89. The summed E-state index contributed by atoms with van der Waals surface area (Å²) in [5, 5.41) is 2.75. The Morgan fingerprint density at radius 1 is 1.26 bits per heavy atom. The van der Waals surface area contributed by atoms with E-state index in [0.29, 0.717) is 32.8 Å². The van der Waals surface area contributed by atoms with Crippen molar-refractivity contribution in [1.82, 2.24) is 9.62 Å². The van der Waals surface area contributed by atoms with E-state index >= 15 is 0 Å². The van der Waals surface area contributed by atoms with E-state index in [2.05, 4.69) is 12.2 Å². The van der Waals surface area contributed by atoms with Crippen molar-refractivity contribution in [2.45, 2.75) is 32.6 Å². The average molecular weight is 292 g/mol. The molecule has 1 amide bonds. The van der Waals surface area contributed by atoms with Crippen LogP contribution >= 0.6 is 0 Å². The van der Waals surface area contributed by atoms with Crippen molar-refractivity contribution in [3.63, 3.8) is 0 Å². The number of hydrogen-bond donors (Lipinski definition) is 1. The van der Waals surface area contributed by atoms with Gasteiger partial charge in [-0.3, -0.25) is 4.79 Å². The number of morpholine rings is 1. The number of rotatable bonds is 8. The molecule has 1 N–H and O–H groups in total. The molecular formula is C12H24N2O4S. The average Bonchev–Trinajstić information content (AvgIpc) is 2.42. The fourth-order valence-corrected chi connectivity index (χ4v) is 3.27. The molecule has 0 spiro atoms. The minimum Gasteiger partial charge on any atom is -0.379 e. The number of amides is 1. The van der Waals surface area contributed by atoms with Crippen LogP contribution in [-0.2, 0) is 19.6 Å². The third-order valence-electron chi connectivity index (χ3n) is 3.05. The molecular weight excluding hydrogens is 268 g/mol. The second-order valence-electron chi connectivity index (χ2n) is 4.63. The zero-order valence-corrected chi connectivity index (χ0v) is 12.4. The molecule has 0 radical (unpaired) electrons. The SMILES string of the molecule is CCCCCNC(=O)CCS(=O)(=O)N1CCOCC1. The molecule has 1 aliphatic heterocycles. The second-order valence-corrected chi connectivity index (χ2v) is 6.72. The van der Waals surface area contributed by atoms with Crippen molar-refractivity contribution in [1.29, 1.82) is 0 Å². The molecule has 6 nitrogen and oxygen atoms in total. The lowest BCUT2D eigenvalue weighted by molar-refractivity contribution is -0.120. The van der Waals surface area contributed by atoms with Gasteiger partial charge in [0.1, 0.15) is 0 Å². The normalized spacial score (nSPS) is 17.3. The summed E-state index contributed by atoms with van der Waals surface area (Å²) < 4.78 is 30.4. The fraction of sp³-hybridized carbons (Fsp3) is 0.917. The molecule has 1 saturated heterocycles. The lowest BCUT2D eigenvalue weighted by Crippen LogP contribution is -2.42. The number of sulfonamides is 1. The molecule has 0 unspecified atom stereocenters. The summed E-state index contributed by atoms with van der Waals surface area (Å²) in [6.45, 7) is 4.37. The van der Waals surface area contributed by atoms with Gasteiger partial charge in [-0.25, -0.2) is 8.42 Å². The molecule has 0 aromatic rings. The Labute approximate surface area is 115 Å². The largest absolute Gasteiger partial charge is 0.379 e. The van der Waals surface area contributed by atoms with Gasteiger partial charge in [0.15, 0.2) is 0 Å². The highest BCUT2D eigenvalue weighted by Gasteiger charge is 2.24. The molecule has 0 bridgehead atoms. The molecule has 1 aliphatic rings. The number of carbonyl (C=O) groups is 1. The Hall–Kier alpha value is -0.660. The van der Waals surface area contributed by atoms with Gasteiger partial charge in [-0.15, -0.1) is 0 Å². The van der Waals surface area contributed by atoms with Gasteiger partial charge in [0.25, 0.3) is 0 Å². The standard InChI is InChI=1S/C12H24N2O4S/c1-2-3-4-6-13-12(15)5-11-19(16,17)14-7-9-18-10-8-14/h2-11H2,1H3,(H,13,15). The number of ether oxygens (including phenoxy) is 1. The summed E-state index contributed by atoms with van der Waals surface area (Å²) in [4.78, 5) is 11.5. The fourth-order valence-electron chi connectivity index (χ4n) is 1.87. The van der Waals surface area contributed by atoms with Crippen molar-refractivity contribution in [2.24, 2.45) is 0 Å². The predicted octanol–water partition coefficient (Wildman–Crippen LogP) is 0.345. The maximum atomic E-state index is 12.0. The number of hydrogen-bond acceptors (Lipinski definition) is 4. The van der Waals surface area contributed by atoms with E-state index in [4.69, 9.17) is 4.74 Å². The van der Waals surface area contributed by atoms with Crippen molar-refractivity contribution < 1.29 is 17.9 Å². The zero-order valence-electron chi connectivity index (χ0n) is 11.6. The maximum absolute atomic E-state index is 12.0. The van der Waals surface area contributed by atoms with E-state index < -0.39 is 10.0 Å². The molecule has 0 aliphatic carbocycles. The maximum Gasteiger partial charge on any atom is 0.221 e. The summed E-state index contributed by atoms with van der Waals surface area (Å²) in [6, 6.07) is 0. The monoisotopic (exact) mass is 292 g/mol. The lowest BCUT2D eigenvalue weighted by atomic mass is 10.2. The highest BCUT2D eigenvalue weighted by Crippen LogP contribution is 2.06. The van der Waals surface area contributed by atoms with Crippen LogP contribution < -0.4 is 5.32 Å². The third-order valence-corrected chi connectivity index (χ3v) is 4.92. The van der Waals surface area contributed by atoms with Gasteiger partial charge in [0.05, 0.1) is 19.0 Å². The zero-order chi connectivity index (χ0) is 14.1. The van der Waals surface area contributed by atoms with Crippen molar-refractivity contribution >= 4 is 15.9 Å². The Kier molecular flexibility index (Phi) is 7.33. The molecule has 1 fully saturated rings. The quantitative estimate of drug-likeness (QED) is 0.655. The van der Waals surface area contributed by atoms with Crippen LogP contribution in [0, 0.1) is 0 Å². The third kappa shape index (κ3) is 6.35. The van der Waals surface area contributed by atoms with Crippen LogP contribution in [-0.4, -0.2) is 57.2 Å². The van der Waals surface area contributed by atoms with Crippen LogP contribution in [0.15, 0.2) is 0 Å². The van der Waals surface area contributed by atoms with Crippen LogP contribution in [0.25, 0.3) is 0 Å². The van der Waals surface area contributed by atoms with E-state index in [1.807, 2.05) is 0 Å². The van der Waals surface area contributed by atoms with Gasteiger partial charge >= 0.3 is 0 Å². The van der Waals surface area contributed by atoms with E-state index in [-0.39, 0.29) is 18.1 Å². The van der Waals surface area contributed by atoms with Gasteiger partial charge in [-0.1, -0.05) is 19.8 Å². The first kappa shape index (κ1) is 16.4. The minimum absolute atomic E-state index is 0.0335. The Morgan fingerprint density at radius 3 is 2.58 bits per heavy atom. The Morgan fingerprint density at radius 2 is 1.95 bits per heavy atom. The van der Waals surface area contributed by atoms with E-state index in [0.717, 1.165) is 19.3 Å². The molecule has 0 aromatic heterocycles. The van der Waals surface area contributed by atoms with E-state index in [9.17, 15) is 13.2 Å². The van der Waals surface area contributed by atoms with Crippen molar-refractivity contribution in [3.05, 3.63) is 0 Å². The van der Waals surface area contributed by atoms with Gasteiger partial charge in [-0.05, 0) is 6.42 Å². The minimum atomic E-state index is -3.32. The van der Waals surface area contributed by atoms with Gasteiger partial charge in [-0.2, -0.15) is 4.31 Å². The van der Waals surface area contributed by atoms with Gasteiger partial charge in [0.2, 0.25) is 15.9 Å². The molecule has 19 heavy (non-hydrogen) atoms. The summed E-state index contributed by atoms with van der Waals surface area (Å²) in [5.41, 5.74) is 0. The Bertz CT molecular complexity index is 364. The van der Waals surface area contributed by atoms with Crippen LogP contribution in [0.2, 0.25) is 0 Å². The number of carbonyl (C=O) groups excluding carboxylic acids is 1. The van der Waals surface area contributed by atoms with Crippen LogP contribution in [0.4, 0.5) is 0 Å². The molecule has 1 rings (SSSR count). The number of unbranched alkanes of at least 4 members (excludes halogenated alkanes) is 2. The van der Waals surface area contributed by atoms with Gasteiger partial charge in [0, 0.05) is 26.1 Å². The molecule has 112 valence electrons. The second kappa shape index (κ2) is 8.50. The molecule has 0 atom stereocenters. The van der Waals surface area contributed by atoms with Gasteiger partial charge < -0.3 is 10.1 Å². The lowest BCUT2D eigenvalue weighted by Gasteiger charge is -2.25. The Balaban J connectivity index is 2.24. The topological polar surface area (TPSA) is 75.7 Å². The first-order valence-corrected chi connectivity index (χ1v) is 8.49. The number of nitrogens with one attached hydrogen (secondary N) is 1. The summed E-state index contributed by atoms with van der Waals surface area (Å²) >= 11 is 0. The highest BCUT2D eigenvalue weighted by atomic mass is 32.2. The van der Waals surface area contributed by atoms with Crippen LogP contribution in [0.1, 0.15) is 32.6 Å². The first-order chi connectivity index (χ1) is 9.06. The van der Waals surface area contributed by atoms with Crippen LogP contribution in [0.5, 0.6) is 0 Å². The molecule has 7 heteroatoms. The molecule has 1 heterocycles.